The molecule has 2 aromatic heterocycles. The largest absolute Gasteiger partial charge is 0.309 e. The van der Waals surface area contributed by atoms with E-state index in [1.165, 1.54) is 102 Å². The number of nitrogens with zero attached hydrogens (tertiary/aromatic N) is 1. The van der Waals surface area contributed by atoms with Gasteiger partial charge < -0.3 is 4.90 Å². The van der Waals surface area contributed by atoms with Crippen LogP contribution in [-0.2, 0) is 0 Å². The summed E-state index contributed by atoms with van der Waals surface area (Å²) in [6.45, 7) is 0. The maximum atomic E-state index is 2.55. The average Bonchev–Trinajstić information content (AvgIpc) is 3.83. The highest BCUT2D eigenvalue weighted by molar-refractivity contribution is 7.26. The molecule has 55 heavy (non-hydrogen) atoms. The lowest BCUT2D eigenvalue weighted by atomic mass is 9.98. The summed E-state index contributed by atoms with van der Waals surface area (Å²) in [7, 11) is 0. The van der Waals surface area contributed by atoms with Crippen molar-refractivity contribution in [2.75, 3.05) is 4.90 Å². The lowest BCUT2D eigenvalue weighted by Crippen LogP contribution is -2.11. The zero-order valence-electron chi connectivity index (χ0n) is 29.8. The van der Waals surface area contributed by atoms with E-state index in [9.17, 15) is 0 Å². The van der Waals surface area contributed by atoms with Gasteiger partial charge in [0.25, 0.3) is 0 Å². The van der Waals surface area contributed by atoms with Gasteiger partial charge in [-0.2, -0.15) is 0 Å². The molecule has 0 saturated carbocycles. The van der Waals surface area contributed by atoms with E-state index >= 15 is 0 Å². The molecule has 0 spiro atoms. The van der Waals surface area contributed by atoms with Crippen LogP contribution in [0.1, 0.15) is 0 Å². The molecule has 0 atom stereocenters. The van der Waals surface area contributed by atoms with Gasteiger partial charge in [0.2, 0.25) is 0 Å². The van der Waals surface area contributed by atoms with Gasteiger partial charge in [0.15, 0.2) is 0 Å². The van der Waals surface area contributed by atoms with Crippen molar-refractivity contribution >= 4 is 90.9 Å². The first-order valence-electron chi connectivity index (χ1n) is 18.7. The third-order valence-electron chi connectivity index (χ3n) is 10.9. The minimum absolute atomic E-state index is 1.17. The van der Waals surface area contributed by atoms with Crippen LogP contribution >= 0.6 is 22.7 Å². The average molecular weight is 736 g/mol. The van der Waals surface area contributed by atoms with E-state index in [4.69, 9.17) is 0 Å². The van der Waals surface area contributed by atoms with Crippen LogP contribution in [0.15, 0.2) is 200 Å². The third kappa shape index (κ3) is 5.35. The van der Waals surface area contributed by atoms with Gasteiger partial charge in [0.05, 0.1) is 17.1 Å². The highest BCUT2D eigenvalue weighted by Crippen LogP contribution is 2.52. The molecular weight excluding hydrogens is 703 g/mol. The van der Waals surface area contributed by atoms with Gasteiger partial charge in [-0.3, -0.25) is 0 Å². The van der Waals surface area contributed by atoms with Crippen molar-refractivity contribution in [2.45, 2.75) is 0 Å². The fraction of sp³-hybridized carbons (Fsp3) is 0. The zero-order chi connectivity index (χ0) is 36.3. The molecule has 0 bridgehead atoms. The SMILES string of the molecule is c1ccc(-c2ccc3c(c2)sc2cccc(N(c4cccc5ccccc45)c4ccc(-c5ccccc5)c5sc6cc(-c7ccccc7)ccc6c45)c23)cc1. The van der Waals surface area contributed by atoms with Gasteiger partial charge in [-0.25, -0.2) is 0 Å². The molecule has 1 nitrogen and oxygen atoms in total. The molecule has 0 radical (unpaired) electrons. The number of rotatable bonds is 6. The Kier molecular flexibility index (Phi) is 7.61. The molecule has 11 aromatic rings. The van der Waals surface area contributed by atoms with E-state index in [1.807, 2.05) is 22.7 Å². The van der Waals surface area contributed by atoms with Crippen LogP contribution in [-0.4, -0.2) is 0 Å². The standard InChI is InChI=1S/C52H33NS2/c1-4-14-34(15-5-1)38-26-28-42-48(32-38)54-47-25-13-24-45(50(42)47)53(44-23-12-21-36-20-10-11-22-40(36)44)46-31-30-41(37-18-8-3-9-19-37)52-51(46)43-29-27-39(33-49(43)55-52)35-16-6-2-7-17-35/h1-33H. The molecule has 258 valence electrons. The number of thiophene rings is 2. The Morgan fingerprint density at radius 3 is 1.56 bits per heavy atom. The van der Waals surface area contributed by atoms with Gasteiger partial charge in [0.1, 0.15) is 0 Å². The van der Waals surface area contributed by atoms with E-state index in [0.29, 0.717) is 0 Å². The van der Waals surface area contributed by atoms with Crippen molar-refractivity contribution in [3.05, 3.63) is 200 Å². The van der Waals surface area contributed by atoms with Crippen molar-refractivity contribution in [3.63, 3.8) is 0 Å². The van der Waals surface area contributed by atoms with Crippen molar-refractivity contribution in [1.29, 1.82) is 0 Å². The lowest BCUT2D eigenvalue weighted by Gasteiger charge is -2.29. The smallest absolute Gasteiger partial charge is 0.0555 e. The second kappa shape index (κ2) is 13.1. The van der Waals surface area contributed by atoms with Crippen molar-refractivity contribution in [2.24, 2.45) is 0 Å². The third-order valence-corrected chi connectivity index (χ3v) is 13.2. The second-order valence-electron chi connectivity index (χ2n) is 14.0. The van der Waals surface area contributed by atoms with Crippen molar-refractivity contribution in [1.82, 2.24) is 0 Å². The van der Waals surface area contributed by atoms with E-state index in [2.05, 4.69) is 205 Å². The topological polar surface area (TPSA) is 3.24 Å². The first-order chi connectivity index (χ1) is 27.3. The van der Waals surface area contributed by atoms with Crippen molar-refractivity contribution in [3.8, 4) is 33.4 Å². The molecule has 0 aliphatic rings. The van der Waals surface area contributed by atoms with Gasteiger partial charge in [-0.05, 0) is 75.2 Å². The Morgan fingerprint density at radius 1 is 0.309 bits per heavy atom. The van der Waals surface area contributed by atoms with Crippen LogP contribution in [0.2, 0.25) is 0 Å². The predicted molar refractivity (Wildman–Crippen MR) is 241 cm³/mol. The molecule has 0 saturated heterocycles. The van der Waals surface area contributed by atoms with Crippen LogP contribution in [0.25, 0.3) is 84.5 Å². The quantitative estimate of drug-likeness (QED) is 0.164. The Balaban J connectivity index is 1.23. The molecule has 0 aliphatic heterocycles. The molecule has 3 heteroatoms. The monoisotopic (exact) mass is 735 g/mol. The first-order valence-corrected chi connectivity index (χ1v) is 20.3. The summed E-state index contributed by atoms with van der Waals surface area (Å²) in [6, 6.07) is 73.4. The van der Waals surface area contributed by atoms with Crippen LogP contribution in [0, 0.1) is 0 Å². The molecule has 0 unspecified atom stereocenters. The number of benzene rings is 9. The number of fused-ring (bicyclic) bond motifs is 7. The van der Waals surface area contributed by atoms with Gasteiger partial charge >= 0.3 is 0 Å². The van der Waals surface area contributed by atoms with E-state index < -0.39 is 0 Å². The first kappa shape index (κ1) is 32.0. The summed E-state index contributed by atoms with van der Waals surface area (Å²) < 4.78 is 5.15. The molecule has 0 aliphatic carbocycles. The van der Waals surface area contributed by atoms with E-state index in [0.717, 1.165) is 0 Å². The molecule has 2 heterocycles. The highest BCUT2D eigenvalue weighted by Gasteiger charge is 2.25. The Bertz CT molecular complexity index is 3190. The molecule has 11 rings (SSSR count). The predicted octanol–water partition coefficient (Wildman–Crippen LogP) is 16.0. The summed E-state index contributed by atoms with van der Waals surface area (Å²) in [5.41, 5.74) is 11.0. The van der Waals surface area contributed by atoms with Crippen molar-refractivity contribution < 1.29 is 0 Å². The fourth-order valence-electron chi connectivity index (χ4n) is 8.30. The number of anilines is 3. The molecule has 9 aromatic carbocycles. The summed E-state index contributed by atoms with van der Waals surface area (Å²) in [6.07, 6.45) is 0. The van der Waals surface area contributed by atoms with E-state index in [-0.39, 0.29) is 0 Å². The van der Waals surface area contributed by atoms with Gasteiger partial charge in [-0.15, -0.1) is 22.7 Å². The molecule has 0 fully saturated rings. The summed E-state index contributed by atoms with van der Waals surface area (Å²) in [4.78, 5) is 2.55. The van der Waals surface area contributed by atoms with E-state index in [1.54, 1.807) is 0 Å². The normalized spacial score (nSPS) is 11.6. The summed E-state index contributed by atoms with van der Waals surface area (Å²) >= 11 is 3.78. The number of hydrogen-bond acceptors (Lipinski definition) is 3. The highest BCUT2D eigenvalue weighted by atomic mass is 32.1. The second-order valence-corrected chi connectivity index (χ2v) is 16.2. The maximum absolute atomic E-state index is 2.55. The fourth-order valence-corrected chi connectivity index (χ4v) is 10.8. The Hall–Kier alpha value is -6.52. The molecular formula is C52H33NS2. The van der Waals surface area contributed by atoms with Crippen LogP contribution in [0.5, 0.6) is 0 Å². The van der Waals surface area contributed by atoms with Crippen LogP contribution in [0.3, 0.4) is 0 Å². The maximum Gasteiger partial charge on any atom is 0.0555 e. The minimum atomic E-state index is 1.17. The Labute approximate surface area is 327 Å². The summed E-state index contributed by atoms with van der Waals surface area (Å²) in [5.74, 6) is 0. The van der Waals surface area contributed by atoms with Crippen LogP contribution < -0.4 is 4.90 Å². The minimum Gasteiger partial charge on any atom is -0.309 e. The van der Waals surface area contributed by atoms with Gasteiger partial charge in [0, 0.05) is 45.7 Å². The molecule has 0 N–H and O–H groups in total. The zero-order valence-corrected chi connectivity index (χ0v) is 31.4. The van der Waals surface area contributed by atoms with Crippen LogP contribution in [0.4, 0.5) is 17.1 Å². The number of hydrogen-bond donors (Lipinski definition) is 0. The summed E-state index contributed by atoms with van der Waals surface area (Å²) in [5, 5.41) is 7.55. The lowest BCUT2D eigenvalue weighted by molar-refractivity contribution is 1.34. The van der Waals surface area contributed by atoms with Gasteiger partial charge in [-0.1, -0.05) is 164 Å². The Morgan fingerprint density at radius 2 is 0.855 bits per heavy atom. The molecule has 0 amide bonds.